The zero-order chi connectivity index (χ0) is 15.2. The van der Waals surface area contributed by atoms with Gasteiger partial charge in [0.25, 0.3) is 5.69 Å². The van der Waals surface area contributed by atoms with Gasteiger partial charge in [0.2, 0.25) is 0 Å². The van der Waals surface area contributed by atoms with Gasteiger partial charge >= 0.3 is 0 Å². The predicted molar refractivity (Wildman–Crippen MR) is 79.9 cm³/mol. The van der Waals surface area contributed by atoms with Crippen molar-refractivity contribution in [1.82, 2.24) is 0 Å². The maximum atomic E-state index is 10.7. The molecule has 0 aliphatic rings. The second-order valence-corrected chi connectivity index (χ2v) is 4.15. The summed E-state index contributed by atoms with van der Waals surface area (Å²) in [7, 11) is 3.12. The third kappa shape index (κ3) is 3.56. The minimum atomic E-state index is -0.449. The average molecular weight is 286 g/mol. The van der Waals surface area contributed by atoms with E-state index < -0.39 is 4.92 Å². The highest BCUT2D eigenvalue weighted by Crippen LogP contribution is 2.27. The molecule has 0 saturated carbocycles. The van der Waals surface area contributed by atoms with E-state index in [1.54, 1.807) is 44.7 Å². The number of aliphatic imine (C=N–C) groups is 1. The first-order chi connectivity index (χ1) is 10.1. The van der Waals surface area contributed by atoms with Crippen molar-refractivity contribution in [3.63, 3.8) is 0 Å². The van der Waals surface area contributed by atoms with Gasteiger partial charge < -0.3 is 9.47 Å². The Balaban J connectivity index is 2.25. The predicted octanol–water partition coefficient (Wildman–Crippen LogP) is 3.36. The lowest BCUT2D eigenvalue weighted by Gasteiger charge is -2.07. The van der Waals surface area contributed by atoms with Gasteiger partial charge in [-0.3, -0.25) is 15.1 Å². The van der Waals surface area contributed by atoms with Crippen molar-refractivity contribution in [3.8, 4) is 11.5 Å². The Kier molecular flexibility index (Phi) is 4.50. The minimum absolute atomic E-state index is 0.0111. The van der Waals surface area contributed by atoms with Gasteiger partial charge in [-0.1, -0.05) is 6.07 Å². The topological polar surface area (TPSA) is 74.0 Å². The average Bonchev–Trinajstić information content (AvgIpc) is 2.52. The number of benzene rings is 2. The van der Waals surface area contributed by atoms with Crippen molar-refractivity contribution in [2.75, 3.05) is 14.2 Å². The Labute approximate surface area is 121 Å². The number of nitro groups is 1. The lowest BCUT2D eigenvalue weighted by atomic mass is 10.2. The maximum absolute atomic E-state index is 10.7. The summed E-state index contributed by atoms with van der Waals surface area (Å²) < 4.78 is 10.4. The molecule has 0 atom stereocenters. The van der Waals surface area contributed by atoms with Gasteiger partial charge in [0.15, 0.2) is 11.5 Å². The van der Waals surface area contributed by atoms with Crippen LogP contribution in [0.5, 0.6) is 11.5 Å². The zero-order valence-corrected chi connectivity index (χ0v) is 11.6. The molecule has 0 aromatic heterocycles. The summed E-state index contributed by atoms with van der Waals surface area (Å²) in [5, 5.41) is 10.7. The molecule has 0 bridgehead atoms. The van der Waals surface area contributed by atoms with E-state index in [0.29, 0.717) is 17.2 Å². The molecular weight excluding hydrogens is 272 g/mol. The molecule has 2 rings (SSSR count). The van der Waals surface area contributed by atoms with E-state index in [2.05, 4.69) is 4.99 Å². The Morgan fingerprint density at radius 2 is 1.86 bits per heavy atom. The van der Waals surface area contributed by atoms with Gasteiger partial charge in [0.1, 0.15) is 0 Å². The van der Waals surface area contributed by atoms with E-state index in [4.69, 9.17) is 9.47 Å². The number of ether oxygens (including phenoxy) is 2. The molecule has 6 heteroatoms. The SMILES string of the molecule is COc1ccc(C=Nc2cccc([N+](=O)[O-])c2)cc1OC. The van der Waals surface area contributed by atoms with Crippen LogP contribution in [0.1, 0.15) is 5.56 Å². The Bertz CT molecular complexity index is 683. The van der Waals surface area contributed by atoms with E-state index in [1.807, 2.05) is 6.07 Å². The summed E-state index contributed by atoms with van der Waals surface area (Å²) in [5.74, 6) is 1.23. The van der Waals surface area contributed by atoms with E-state index in [0.717, 1.165) is 5.56 Å². The van der Waals surface area contributed by atoms with Crippen LogP contribution >= 0.6 is 0 Å². The number of hydrogen-bond donors (Lipinski definition) is 0. The Morgan fingerprint density at radius 3 is 2.52 bits per heavy atom. The third-order valence-corrected chi connectivity index (χ3v) is 2.81. The molecule has 0 heterocycles. The molecule has 0 spiro atoms. The maximum Gasteiger partial charge on any atom is 0.271 e. The molecule has 0 radical (unpaired) electrons. The van der Waals surface area contributed by atoms with Crippen molar-refractivity contribution in [3.05, 3.63) is 58.1 Å². The van der Waals surface area contributed by atoms with E-state index in [-0.39, 0.29) is 5.69 Å². The van der Waals surface area contributed by atoms with E-state index in [9.17, 15) is 10.1 Å². The standard InChI is InChI=1S/C15H14N2O4/c1-20-14-7-6-11(8-15(14)21-2)10-16-12-4-3-5-13(9-12)17(18)19/h3-10H,1-2H3. The molecule has 2 aromatic carbocycles. The number of hydrogen-bond acceptors (Lipinski definition) is 5. The summed E-state index contributed by atoms with van der Waals surface area (Å²) in [5.41, 5.74) is 1.33. The largest absolute Gasteiger partial charge is 0.493 e. The van der Waals surface area contributed by atoms with E-state index in [1.165, 1.54) is 12.1 Å². The molecular formula is C15H14N2O4. The number of nitrogens with zero attached hydrogens (tertiary/aromatic N) is 2. The molecule has 0 amide bonds. The summed E-state index contributed by atoms with van der Waals surface area (Å²) in [6.45, 7) is 0. The first-order valence-electron chi connectivity index (χ1n) is 6.14. The van der Waals surface area contributed by atoms with Crippen LogP contribution in [0, 0.1) is 10.1 Å². The number of non-ortho nitro benzene ring substituents is 1. The minimum Gasteiger partial charge on any atom is -0.493 e. The van der Waals surface area contributed by atoms with Crippen LogP contribution in [0.2, 0.25) is 0 Å². The fourth-order valence-electron chi connectivity index (χ4n) is 1.77. The molecule has 0 aliphatic carbocycles. The monoisotopic (exact) mass is 286 g/mol. The van der Waals surface area contributed by atoms with Gasteiger partial charge in [0.05, 0.1) is 24.8 Å². The summed E-state index contributed by atoms with van der Waals surface area (Å²) in [6, 6.07) is 11.5. The van der Waals surface area contributed by atoms with Crippen molar-refractivity contribution >= 4 is 17.6 Å². The zero-order valence-electron chi connectivity index (χ0n) is 11.6. The van der Waals surface area contributed by atoms with Gasteiger partial charge in [-0.15, -0.1) is 0 Å². The number of rotatable bonds is 5. The van der Waals surface area contributed by atoms with Crippen LogP contribution in [0.15, 0.2) is 47.5 Å². The van der Waals surface area contributed by atoms with Crippen molar-refractivity contribution in [2.24, 2.45) is 4.99 Å². The first-order valence-corrected chi connectivity index (χ1v) is 6.14. The fourth-order valence-corrected chi connectivity index (χ4v) is 1.77. The van der Waals surface area contributed by atoms with Crippen LogP contribution in [0.3, 0.4) is 0 Å². The smallest absolute Gasteiger partial charge is 0.271 e. The van der Waals surface area contributed by atoms with Gasteiger partial charge in [-0.05, 0) is 29.8 Å². The number of nitro benzene ring substituents is 1. The van der Waals surface area contributed by atoms with Crippen molar-refractivity contribution in [1.29, 1.82) is 0 Å². The molecule has 2 aromatic rings. The molecule has 0 aliphatic heterocycles. The Hall–Kier alpha value is -2.89. The summed E-state index contributed by atoms with van der Waals surface area (Å²) in [4.78, 5) is 14.5. The Morgan fingerprint density at radius 1 is 1.10 bits per heavy atom. The van der Waals surface area contributed by atoms with Gasteiger partial charge in [-0.25, -0.2) is 0 Å². The second-order valence-electron chi connectivity index (χ2n) is 4.15. The molecule has 21 heavy (non-hydrogen) atoms. The highest BCUT2D eigenvalue weighted by molar-refractivity contribution is 5.83. The van der Waals surface area contributed by atoms with Crippen molar-refractivity contribution < 1.29 is 14.4 Å². The van der Waals surface area contributed by atoms with Gasteiger partial charge in [-0.2, -0.15) is 0 Å². The second kappa shape index (κ2) is 6.51. The molecule has 0 unspecified atom stereocenters. The molecule has 6 nitrogen and oxygen atoms in total. The fraction of sp³-hybridized carbons (Fsp3) is 0.133. The van der Waals surface area contributed by atoms with Gasteiger partial charge in [0, 0.05) is 18.3 Å². The molecule has 108 valence electrons. The quantitative estimate of drug-likeness (QED) is 0.480. The number of methoxy groups -OCH3 is 2. The van der Waals surface area contributed by atoms with Crippen molar-refractivity contribution in [2.45, 2.75) is 0 Å². The molecule has 0 fully saturated rings. The lowest BCUT2D eigenvalue weighted by Crippen LogP contribution is -1.92. The normalized spacial score (nSPS) is 10.6. The van der Waals surface area contributed by atoms with Crippen LogP contribution in [0.25, 0.3) is 0 Å². The van der Waals surface area contributed by atoms with Crippen LogP contribution in [-0.4, -0.2) is 25.4 Å². The highest BCUT2D eigenvalue weighted by Gasteiger charge is 2.05. The summed E-state index contributed by atoms with van der Waals surface area (Å²) >= 11 is 0. The highest BCUT2D eigenvalue weighted by atomic mass is 16.6. The van der Waals surface area contributed by atoms with Crippen LogP contribution in [-0.2, 0) is 0 Å². The molecule has 0 N–H and O–H groups in total. The summed E-state index contributed by atoms with van der Waals surface area (Å²) in [6.07, 6.45) is 1.61. The van der Waals surface area contributed by atoms with Crippen LogP contribution < -0.4 is 9.47 Å². The lowest BCUT2D eigenvalue weighted by molar-refractivity contribution is -0.384. The first kappa shape index (κ1) is 14.5. The van der Waals surface area contributed by atoms with Crippen LogP contribution in [0.4, 0.5) is 11.4 Å². The third-order valence-electron chi connectivity index (χ3n) is 2.81. The van der Waals surface area contributed by atoms with E-state index >= 15 is 0 Å². The molecule has 0 saturated heterocycles.